The maximum atomic E-state index is 13.9. The van der Waals surface area contributed by atoms with E-state index >= 15 is 0 Å². The van der Waals surface area contributed by atoms with Gasteiger partial charge in [-0.3, -0.25) is 9.69 Å². The van der Waals surface area contributed by atoms with Gasteiger partial charge in [0.05, 0.1) is 6.61 Å². The van der Waals surface area contributed by atoms with Crippen molar-refractivity contribution in [1.82, 2.24) is 9.80 Å². The summed E-state index contributed by atoms with van der Waals surface area (Å²) in [4.78, 5) is 16.4. The number of ether oxygens (including phenoxy) is 1. The van der Waals surface area contributed by atoms with Gasteiger partial charge in [0.2, 0.25) is 5.91 Å². The predicted molar refractivity (Wildman–Crippen MR) is 108 cm³/mol. The van der Waals surface area contributed by atoms with Crippen LogP contribution in [0.2, 0.25) is 0 Å². The van der Waals surface area contributed by atoms with E-state index < -0.39 is 0 Å². The van der Waals surface area contributed by atoms with E-state index in [0.29, 0.717) is 19.7 Å². The van der Waals surface area contributed by atoms with Gasteiger partial charge in [-0.2, -0.15) is 0 Å². The summed E-state index contributed by atoms with van der Waals surface area (Å²) >= 11 is 0. The number of hydrogen-bond donors (Lipinski definition) is 0. The second-order valence-electron chi connectivity index (χ2n) is 7.56. The highest BCUT2D eigenvalue weighted by Crippen LogP contribution is 2.34. The molecule has 0 N–H and O–H groups in total. The quantitative estimate of drug-likeness (QED) is 0.698. The molecule has 4 nitrogen and oxygen atoms in total. The Labute approximate surface area is 166 Å². The third kappa shape index (κ3) is 5.40. The van der Waals surface area contributed by atoms with Crippen molar-refractivity contribution in [2.75, 3.05) is 39.9 Å². The first kappa shape index (κ1) is 20.5. The fourth-order valence-corrected chi connectivity index (χ4v) is 4.09. The van der Waals surface area contributed by atoms with E-state index in [4.69, 9.17) is 4.74 Å². The molecular weight excluding hydrogens is 355 g/mol. The number of carbonyl (C=O) groups is 1. The molecule has 1 fully saturated rings. The van der Waals surface area contributed by atoms with Crippen LogP contribution in [0.4, 0.5) is 4.39 Å². The normalized spacial score (nSPS) is 19.7. The van der Waals surface area contributed by atoms with Crippen LogP contribution >= 0.6 is 0 Å². The topological polar surface area (TPSA) is 32.8 Å². The lowest BCUT2D eigenvalue weighted by Crippen LogP contribution is -2.38. The highest BCUT2D eigenvalue weighted by atomic mass is 19.1. The van der Waals surface area contributed by atoms with E-state index in [1.165, 1.54) is 11.6 Å². The van der Waals surface area contributed by atoms with E-state index in [-0.39, 0.29) is 23.6 Å². The number of halogens is 1. The van der Waals surface area contributed by atoms with Crippen LogP contribution in [-0.4, -0.2) is 55.6 Å². The zero-order valence-corrected chi connectivity index (χ0v) is 16.7. The lowest BCUT2D eigenvalue weighted by atomic mass is 9.88. The Morgan fingerprint density at radius 2 is 1.96 bits per heavy atom. The predicted octanol–water partition coefficient (Wildman–Crippen LogP) is 3.54. The molecule has 0 saturated carbocycles. The minimum atomic E-state index is -0.208. The molecule has 0 bridgehead atoms. The summed E-state index contributed by atoms with van der Waals surface area (Å²) in [5.41, 5.74) is 2.28. The number of hydrogen-bond acceptors (Lipinski definition) is 3. The zero-order chi connectivity index (χ0) is 19.9. The number of carbonyl (C=O) groups excluding carboxylic acids is 1. The first-order valence-corrected chi connectivity index (χ1v) is 9.83. The molecule has 2 aromatic carbocycles. The Kier molecular flexibility index (Phi) is 7.18. The molecule has 1 heterocycles. The smallest absolute Gasteiger partial charge is 0.219 e. The fourth-order valence-electron chi connectivity index (χ4n) is 4.09. The highest BCUT2D eigenvalue weighted by molar-refractivity contribution is 5.73. The van der Waals surface area contributed by atoms with Crippen LogP contribution in [-0.2, 0) is 16.1 Å². The summed E-state index contributed by atoms with van der Waals surface area (Å²) in [6.07, 6.45) is 0. The Hall–Kier alpha value is -2.24. The van der Waals surface area contributed by atoms with Crippen LogP contribution < -0.4 is 0 Å². The van der Waals surface area contributed by atoms with Gasteiger partial charge in [0.25, 0.3) is 0 Å². The molecule has 3 rings (SSSR count). The van der Waals surface area contributed by atoms with Gasteiger partial charge in [-0.05, 0) is 29.2 Å². The summed E-state index contributed by atoms with van der Waals surface area (Å²) in [7, 11) is 1.64. The second kappa shape index (κ2) is 9.80. The van der Waals surface area contributed by atoms with Gasteiger partial charge < -0.3 is 9.64 Å². The average molecular weight is 384 g/mol. The molecule has 1 aliphatic rings. The number of benzene rings is 2. The number of nitrogens with zero attached hydrogens (tertiary/aromatic N) is 2. The van der Waals surface area contributed by atoms with Crippen LogP contribution in [0.25, 0.3) is 0 Å². The van der Waals surface area contributed by atoms with Gasteiger partial charge in [0, 0.05) is 52.7 Å². The van der Waals surface area contributed by atoms with E-state index in [1.807, 2.05) is 17.0 Å². The van der Waals surface area contributed by atoms with Crippen molar-refractivity contribution in [3.05, 3.63) is 71.5 Å². The monoisotopic (exact) mass is 384 g/mol. The fraction of sp³-hybridized carbons (Fsp3) is 0.435. The van der Waals surface area contributed by atoms with E-state index in [1.54, 1.807) is 26.2 Å². The van der Waals surface area contributed by atoms with Crippen LogP contribution in [0.15, 0.2) is 54.6 Å². The first-order valence-electron chi connectivity index (χ1n) is 9.83. The lowest BCUT2D eigenvalue weighted by Gasteiger charge is -2.27. The average Bonchev–Trinajstić information content (AvgIpc) is 3.08. The molecule has 0 spiro atoms. The van der Waals surface area contributed by atoms with Gasteiger partial charge in [0.1, 0.15) is 5.82 Å². The zero-order valence-electron chi connectivity index (χ0n) is 16.7. The molecule has 1 aliphatic heterocycles. The van der Waals surface area contributed by atoms with Crippen molar-refractivity contribution in [3.63, 3.8) is 0 Å². The molecule has 0 radical (unpaired) electrons. The van der Waals surface area contributed by atoms with Crippen molar-refractivity contribution in [1.29, 1.82) is 0 Å². The Morgan fingerprint density at radius 1 is 1.18 bits per heavy atom. The van der Waals surface area contributed by atoms with Crippen LogP contribution in [0, 0.1) is 11.7 Å². The van der Waals surface area contributed by atoms with Gasteiger partial charge in [-0.25, -0.2) is 4.39 Å². The van der Waals surface area contributed by atoms with Crippen molar-refractivity contribution in [2.24, 2.45) is 5.92 Å². The van der Waals surface area contributed by atoms with E-state index in [9.17, 15) is 9.18 Å². The third-order valence-corrected chi connectivity index (χ3v) is 5.51. The molecule has 5 heteroatoms. The molecule has 2 unspecified atom stereocenters. The number of methoxy groups -OCH3 is 1. The molecule has 0 aromatic heterocycles. The Balaban J connectivity index is 1.77. The molecule has 0 aliphatic carbocycles. The number of rotatable bonds is 8. The summed E-state index contributed by atoms with van der Waals surface area (Å²) in [5.74, 6) is 0.298. The van der Waals surface area contributed by atoms with Gasteiger partial charge in [-0.15, -0.1) is 0 Å². The standard InChI is InChI=1S/C23H29FN2O2/c1-18(27)26(11-12-28-2)16-21-15-25(14-19-7-4-3-5-8-19)17-23(21)20-9-6-10-22(24)13-20/h3-10,13,21,23H,11-12,14-17H2,1-2H3. The number of amides is 1. The molecular formula is C23H29FN2O2. The van der Waals surface area contributed by atoms with Gasteiger partial charge in [0.15, 0.2) is 0 Å². The summed E-state index contributed by atoms with van der Waals surface area (Å²) in [6.45, 7) is 5.96. The van der Waals surface area contributed by atoms with Crippen LogP contribution in [0.1, 0.15) is 24.0 Å². The van der Waals surface area contributed by atoms with Crippen molar-refractivity contribution in [2.45, 2.75) is 19.4 Å². The largest absolute Gasteiger partial charge is 0.383 e. The molecule has 1 saturated heterocycles. The van der Waals surface area contributed by atoms with Crippen LogP contribution in [0.5, 0.6) is 0 Å². The molecule has 150 valence electrons. The maximum Gasteiger partial charge on any atom is 0.219 e. The maximum absolute atomic E-state index is 13.9. The van der Waals surface area contributed by atoms with E-state index in [0.717, 1.165) is 25.2 Å². The van der Waals surface area contributed by atoms with Crippen molar-refractivity contribution >= 4 is 5.91 Å². The van der Waals surface area contributed by atoms with Gasteiger partial charge in [-0.1, -0.05) is 42.5 Å². The Morgan fingerprint density at radius 3 is 2.64 bits per heavy atom. The highest BCUT2D eigenvalue weighted by Gasteiger charge is 2.35. The molecule has 28 heavy (non-hydrogen) atoms. The summed E-state index contributed by atoms with van der Waals surface area (Å²) in [5, 5.41) is 0. The summed E-state index contributed by atoms with van der Waals surface area (Å²) < 4.78 is 19.0. The summed E-state index contributed by atoms with van der Waals surface area (Å²) in [6, 6.07) is 17.3. The number of likely N-dealkylation sites (tertiary alicyclic amines) is 1. The Bertz CT molecular complexity index is 768. The van der Waals surface area contributed by atoms with Crippen molar-refractivity contribution in [3.8, 4) is 0 Å². The minimum Gasteiger partial charge on any atom is -0.383 e. The molecule has 2 atom stereocenters. The van der Waals surface area contributed by atoms with Gasteiger partial charge >= 0.3 is 0 Å². The second-order valence-corrected chi connectivity index (χ2v) is 7.56. The van der Waals surface area contributed by atoms with Crippen molar-refractivity contribution < 1.29 is 13.9 Å². The molecule has 1 amide bonds. The van der Waals surface area contributed by atoms with Crippen LogP contribution in [0.3, 0.4) is 0 Å². The third-order valence-electron chi connectivity index (χ3n) is 5.51. The first-order chi connectivity index (χ1) is 13.6. The SMILES string of the molecule is COCCN(CC1CN(Cc2ccccc2)CC1c1cccc(F)c1)C(C)=O. The lowest BCUT2D eigenvalue weighted by molar-refractivity contribution is -0.130. The van der Waals surface area contributed by atoms with E-state index in [2.05, 4.69) is 29.2 Å². The molecule has 2 aromatic rings. The minimum absolute atomic E-state index is 0.0524.